The molecule has 0 aromatic carbocycles. The van der Waals surface area contributed by atoms with Gasteiger partial charge in [-0.05, 0) is 44.4 Å². The van der Waals surface area contributed by atoms with Gasteiger partial charge < -0.3 is 10.3 Å². The Morgan fingerprint density at radius 3 is 3.06 bits per heavy atom. The van der Waals surface area contributed by atoms with Crippen molar-refractivity contribution in [3.8, 4) is 0 Å². The molecule has 2 aromatic rings. The third-order valence-corrected chi connectivity index (χ3v) is 3.77. The van der Waals surface area contributed by atoms with E-state index in [1.165, 1.54) is 6.42 Å². The predicted octanol–water partition coefficient (Wildman–Crippen LogP) is 2.26. The molecule has 90 valence electrons. The van der Waals surface area contributed by atoms with Crippen molar-refractivity contribution in [3.63, 3.8) is 0 Å². The fourth-order valence-electron chi connectivity index (χ4n) is 2.71. The number of hydrogen-bond donors (Lipinski definition) is 2. The van der Waals surface area contributed by atoms with Crippen LogP contribution in [0.3, 0.4) is 0 Å². The van der Waals surface area contributed by atoms with Crippen LogP contribution < -0.4 is 5.32 Å². The highest BCUT2D eigenvalue weighted by atomic mass is 15.1. The molecule has 2 N–H and O–H groups in total. The first-order chi connectivity index (χ1) is 8.23. The molecule has 1 unspecified atom stereocenters. The van der Waals surface area contributed by atoms with Crippen molar-refractivity contribution in [1.29, 1.82) is 0 Å². The highest BCUT2D eigenvalue weighted by molar-refractivity contribution is 5.71. The molecule has 2 aromatic heterocycles. The van der Waals surface area contributed by atoms with Crippen LogP contribution in [-0.4, -0.2) is 21.5 Å². The minimum absolute atomic E-state index is 0.0363. The van der Waals surface area contributed by atoms with Crippen molar-refractivity contribution >= 4 is 11.2 Å². The van der Waals surface area contributed by atoms with Crippen molar-refractivity contribution in [1.82, 2.24) is 20.3 Å². The zero-order valence-corrected chi connectivity index (χ0v) is 10.4. The first-order valence-electron chi connectivity index (χ1n) is 6.31. The Morgan fingerprint density at radius 2 is 2.35 bits per heavy atom. The third-order valence-electron chi connectivity index (χ3n) is 3.77. The number of hydrogen-bond acceptors (Lipinski definition) is 3. The molecule has 0 spiro atoms. The van der Waals surface area contributed by atoms with E-state index in [9.17, 15) is 0 Å². The lowest BCUT2D eigenvalue weighted by atomic mass is 9.93. The molecule has 0 radical (unpaired) electrons. The van der Waals surface area contributed by atoms with Crippen LogP contribution in [0.4, 0.5) is 0 Å². The topological polar surface area (TPSA) is 53.6 Å². The van der Waals surface area contributed by atoms with Crippen molar-refractivity contribution in [2.45, 2.75) is 38.6 Å². The normalized spacial score (nSPS) is 24.6. The molecular formula is C13H18N4. The summed E-state index contributed by atoms with van der Waals surface area (Å²) in [4.78, 5) is 12.5. The molecule has 4 nitrogen and oxygen atoms in total. The fraction of sp³-hybridized carbons (Fsp3) is 0.538. The van der Waals surface area contributed by atoms with Gasteiger partial charge in [-0.3, -0.25) is 0 Å². The van der Waals surface area contributed by atoms with Gasteiger partial charge in [0.1, 0.15) is 5.82 Å². The van der Waals surface area contributed by atoms with Gasteiger partial charge in [-0.15, -0.1) is 0 Å². The van der Waals surface area contributed by atoms with Crippen LogP contribution >= 0.6 is 0 Å². The van der Waals surface area contributed by atoms with Crippen molar-refractivity contribution < 1.29 is 0 Å². The van der Waals surface area contributed by atoms with Gasteiger partial charge in [-0.2, -0.15) is 0 Å². The molecule has 0 saturated carbocycles. The largest absolute Gasteiger partial charge is 0.339 e. The summed E-state index contributed by atoms with van der Waals surface area (Å²) >= 11 is 0. The van der Waals surface area contributed by atoms with Gasteiger partial charge in [0.15, 0.2) is 5.65 Å². The van der Waals surface area contributed by atoms with E-state index < -0.39 is 0 Å². The average molecular weight is 230 g/mol. The molecule has 3 rings (SSSR count). The summed E-state index contributed by atoms with van der Waals surface area (Å²) in [5, 5.41) is 3.59. The summed E-state index contributed by atoms with van der Waals surface area (Å²) in [5.74, 6) is 1.05. The van der Waals surface area contributed by atoms with Gasteiger partial charge in [0.05, 0.1) is 11.1 Å². The number of H-pyrrole nitrogens is 1. The minimum atomic E-state index is 0.0363. The first-order valence-corrected chi connectivity index (χ1v) is 6.31. The summed E-state index contributed by atoms with van der Waals surface area (Å²) in [6.45, 7) is 5.35. The smallest absolute Gasteiger partial charge is 0.177 e. The van der Waals surface area contributed by atoms with E-state index >= 15 is 0 Å². The van der Waals surface area contributed by atoms with Gasteiger partial charge >= 0.3 is 0 Å². The second kappa shape index (κ2) is 3.81. The number of fused-ring (bicyclic) bond motifs is 1. The molecule has 1 aliphatic heterocycles. The Kier molecular flexibility index (Phi) is 2.40. The average Bonchev–Trinajstić information content (AvgIpc) is 2.94. The van der Waals surface area contributed by atoms with Crippen molar-refractivity contribution in [2.75, 3.05) is 6.54 Å². The van der Waals surface area contributed by atoms with E-state index in [1.54, 1.807) is 0 Å². The number of rotatable bonds is 2. The number of nitrogens with zero attached hydrogens (tertiary/aromatic N) is 2. The molecule has 3 heterocycles. The Morgan fingerprint density at radius 1 is 1.47 bits per heavy atom. The van der Waals surface area contributed by atoms with Crippen LogP contribution in [0.5, 0.6) is 0 Å². The van der Waals surface area contributed by atoms with E-state index in [-0.39, 0.29) is 5.54 Å². The van der Waals surface area contributed by atoms with Crippen LogP contribution in [0.15, 0.2) is 12.3 Å². The summed E-state index contributed by atoms with van der Waals surface area (Å²) in [6.07, 6.45) is 5.30. The molecule has 0 amide bonds. The summed E-state index contributed by atoms with van der Waals surface area (Å²) in [6, 6.07) is 2.11. The van der Waals surface area contributed by atoms with Crippen LogP contribution in [0.1, 0.15) is 37.6 Å². The van der Waals surface area contributed by atoms with E-state index in [2.05, 4.69) is 40.2 Å². The number of nitrogens with one attached hydrogen (secondary N) is 2. The molecule has 0 aliphatic carbocycles. The molecule has 17 heavy (non-hydrogen) atoms. The van der Waals surface area contributed by atoms with Crippen LogP contribution in [-0.2, 0) is 5.54 Å². The second-order valence-electron chi connectivity index (χ2n) is 4.94. The van der Waals surface area contributed by atoms with E-state index in [1.807, 2.05) is 6.20 Å². The maximum atomic E-state index is 4.65. The number of aromatic nitrogens is 3. The maximum Gasteiger partial charge on any atom is 0.177 e. The first kappa shape index (κ1) is 10.7. The second-order valence-corrected chi connectivity index (χ2v) is 4.94. The summed E-state index contributed by atoms with van der Waals surface area (Å²) in [5.41, 5.74) is 3.07. The quantitative estimate of drug-likeness (QED) is 0.832. The molecule has 1 atom stereocenters. The van der Waals surface area contributed by atoms with E-state index in [0.29, 0.717) is 0 Å². The number of aromatic amines is 1. The number of pyridine rings is 1. The predicted molar refractivity (Wildman–Crippen MR) is 67.8 cm³/mol. The van der Waals surface area contributed by atoms with E-state index in [4.69, 9.17) is 0 Å². The Bertz CT molecular complexity index is 537. The maximum absolute atomic E-state index is 4.65. The minimum Gasteiger partial charge on any atom is -0.339 e. The van der Waals surface area contributed by atoms with Gasteiger partial charge in [0, 0.05) is 6.20 Å². The molecular weight excluding hydrogens is 212 g/mol. The Labute approximate surface area is 101 Å². The molecule has 1 saturated heterocycles. The summed E-state index contributed by atoms with van der Waals surface area (Å²) < 4.78 is 0. The molecule has 4 heteroatoms. The zero-order valence-electron chi connectivity index (χ0n) is 10.4. The fourth-order valence-corrected chi connectivity index (χ4v) is 2.71. The van der Waals surface area contributed by atoms with Crippen molar-refractivity contribution in [2.24, 2.45) is 0 Å². The lowest BCUT2D eigenvalue weighted by Crippen LogP contribution is -2.37. The van der Waals surface area contributed by atoms with Crippen LogP contribution in [0.2, 0.25) is 0 Å². The monoisotopic (exact) mass is 230 g/mol. The molecule has 0 bridgehead atoms. The van der Waals surface area contributed by atoms with Crippen LogP contribution in [0.25, 0.3) is 11.2 Å². The summed E-state index contributed by atoms with van der Waals surface area (Å²) in [7, 11) is 0. The molecule has 1 fully saturated rings. The standard InChI is InChI=1S/C13H18N4/c1-3-13(5-4-6-15-13)12-16-10-7-9(2)8-14-11(10)17-12/h7-8,15H,3-6H2,1-2H3,(H,14,16,17). The highest BCUT2D eigenvalue weighted by Crippen LogP contribution is 2.32. The molecule has 1 aliphatic rings. The Hall–Kier alpha value is -1.42. The SMILES string of the molecule is CCC1(c2nc3ncc(C)cc3[nH]2)CCCN1. The van der Waals surface area contributed by atoms with Gasteiger partial charge in [-0.25, -0.2) is 9.97 Å². The Balaban J connectivity index is 2.11. The highest BCUT2D eigenvalue weighted by Gasteiger charge is 2.36. The number of imidazole rings is 1. The van der Waals surface area contributed by atoms with E-state index in [0.717, 1.165) is 41.9 Å². The number of aryl methyl sites for hydroxylation is 1. The third kappa shape index (κ3) is 1.63. The van der Waals surface area contributed by atoms with Gasteiger partial charge in [0.25, 0.3) is 0 Å². The van der Waals surface area contributed by atoms with Gasteiger partial charge in [-0.1, -0.05) is 6.92 Å². The zero-order chi connectivity index (χ0) is 11.9. The van der Waals surface area contributed by atoms with Gasteiger partial charge in [0.2, 0.25) is 0 Å². The van der Waals surface area contributed by atoms with Crippen LogP contribution in [0, 0.1) is 6.92 Å². The van der Waals surface area contributed by atoms with Crippen molar-refractivity contribution in [3.05, 3.63) is 23.7 Å². The lowest BCUT2D eigenvalue weighted by Gasteiger charge is -2.25. The lowest BCUT2D eigenvalue weighted by molar-refractivity contribution is 0.356.